The van der Waals surface area contributed by atoms with Gasteiger partial charge in [-0.25, -0.2) is 0 Å². The second-order valence-corrected chi connectivity index (χ2v) is 7.26. The lowest BCUT2D eigenvalue weighted by Gasteiger charge is -2.46. The number of anilines is 1. The summed E-state index contributed by atoms with van der Waals surface area (Å²) in [4.78, 5) is 2.69. The zero-order valence-electron chi connectivity index (χ0n) is 11.9. The number of nitrogens with zero attached hydrogens (tertiary/aromatic N) is 1. The Hall–Kier alpha value is -1.73. The Kier molecular flexibility index (Phi) is 3.27. The van der Waals surface area contributed by atoms with Crippen molar-refractivity contribution >= 4 is 16.5 Å². The van der Waals surface area contributed by atoms with Crippen molar-refractivity contribution in [2.24, 2.45) is 0 Å². The van der Waals surface area contributed by atoms with Crippen LogP contribution in [0.1, 0.15) is 12.8 Å². The van der Waals surface area contributed by atoms with Gasteiger partial charge in [-0.1, -0.05) is 12.1 Å². The van der Waals surface area contributed by atoms with Gasteiger partial charge in [-0.3, -0.25) is 9.11 Å². The highest BCUT2D eigenvalue weighted by Crippen LogP contribution is 2.55. The maximum atomic E-state index is 10.4. The van der Waals surface area contributed by atoms with E-state index in [1.807, 2.05) is 24.3 Å². The van der Waals surface area contributed by atoms with Crippen LogP contribution in [0.2, 0.25) is 0 Å². The molecule has 1 radical (unpaired) electrons. The molecule has 0 bridgehead atoms. The van der Waals surface area contributed by atoms with Gasteiger partial charge in [0.25, 0.3) is 0 Å². The summed E-state index contributed by atoms with van der Waals surface area (Å²) < 4.78 is 29.5. The Morgan fingerprint density at radius 3 is 2.82 bits per heavy atom. The van der Waals surface area contributed by atoms with Crippen LogP contribution in [0.5, 0.6) is 11.5 Å². The summed E-state index contributed by atoms with van der Waals surface area (Å²) in [6.07, 6.45) is 1.98. The quantitative estimate of drug-likeness (QED) is 0.785. The van der Waals surface area contributed by atoms with E-state index in [0.717, 1.165) is 25.1 Å². The number of fused-ring (bicyclic) bond motifs is 3. The van der Waals surface area contributed by atoms with Crippen LogP contribution < -0.4 is 14.4 Å². The Balaban J connectivity index is 1.71. The summed E-state index contributed by atoms with van der Waals surface area (Å²) in [6.45, 7) is 0.926. The Bertz CT molecular complexity index is 693. The van der Waals surface area contributed by atoms with Crippen LogP contribution >= 0.6 is 10.8 Å². The molecule has 0 amide bonds. The van der Waals surface area contributed by atoms with Crippen LogP contribution in [0.15, 0.2) is 47.4 Å². The lowest BCUT2D eigenvalue weighted by Crippen LogP contribution is -2.46. The molecule has 0 spiro atoms. The highest BCUT2D eigenvalue weighted by Gasteiger charge is 2.38. The average molecular weight is 317 g/mol. The molecule has 1 atom stereocenters. The van der Waals surface area contributed by atoms with Crippen molar-refractivity contribution in [1.29, 1.82) is 0 Å². The van der Waals surface area contributed by atoms with Gasteiger partial charge in [-0.15, -0.1) is 10.8 Å². The van der Waals surface area contributed by atoms with E-state index in [0.29, 0.717) is 16.4 Å². The van der Waals surface area contributed by atoms with Gasteiger partial charge in [0.1, 0.15) is 16.4 Å². The molecule has 2 aromatic carbocycles. The van der Waals surface area contributed by atoms with Gasteiger partial charge in [-0.2, -0.15) is 4.72 Å². The molecule has 0 aromatic heterocycles. The van der Waals surface area contributed by atoms with Crippen LogP contribution in [-0.2, 0) is 0 Å². The zero-order chi connectivity index (χ0) is 15.2. The van der Waals surface area contributed by atoms with Crippen molar-refractivity contribution in [1.82, 2.24) is 4.72 Å². The lowest BCUT2D eigenvalue weighted by atomic mass is 10.2. The van der Waals surface area contributed by atoms with Crippen LogP contribution in [0, 0.1) is 6.07 Å². The summed E-state index contributed by atoms with van der Waals surface area (Å²) in [5.74, 6) is 1.28. The topological polar surface area (TPSA) is 65.0 Å². The van der Waals surface area contributed by atoms with E-state index in [1.54, 1.807) is 18.2 Å². The second kappa shape index (κ2) is 5.17. The average Bonchev–Trinajstić information content (AvgIpc) is 2.96. The highest BCUT2D eigenvalue weighted by molar-refractivity contribution is 8.22. The van der Waals surface area contributed by atoms with Gasteiger partial charge in [0.2, 0.25) is 0 Å². The molecule has 0 saturated carbocycles. The molecule has 1 fully saturated rings. The Labute approximate surface area is 131 Å². The molecule has 6 heteroatoms. The molecule has 1 saturated heterocycles. The molecule has 4 rings (SSSR count). The molecule has 22 heavy (non-hydrogen) atoms. The van der Waals surface area contributed by atoms with E-state index < -0.39 is 10.8 Å². The SMILES string of the molecule is OS1(O)NC2CCCN2c2ccc(Oc3cc[c]cc3)cc21. The third-order valence-corrected chi connectivity index (χ3v) is 5.56. The first-order valence-electron chi connectivity index (χ1n) is 7.24. The van der Waals surface area contributed by atoms with Crippen LogP contribution in [0.4, 0.5) is 5.69 Å². The Morgan fingerprint density at radius 2 is 2.00 bits per heavy atom. The summed E-state index contributed by atoms with van der Waals surface area (Å²) >= 11 is 0. The number of hydrogen-bond acceptors (Lipinski definition) is 5. The van der Waals surface area contributed by atoms with Crippen molar-refractivity contribution < 1.29 is 13.8 Å². The zero-order valence-corrected chi connectivity index (χ0v) is 12.7. The fourth-order valence-electron chi connectivity index (χ4n) is 3.03. The molecular formula is C16H17N2O3S. The van der Waals surface area contributed by atoms with Crippen molar-refractivity contribution in [3.8, 4) is 11.5 Å². The second-order valence-electron chi connectivity index (χ2n) is 5.49. The summed E-state index contributed by atoms with van der Waals surface area (Å²) in [6, 6.07) is 15.6. The summed E-state index contributed by atoms with van der Waals surface area (Å²) in [5.41, 5.74) is 0.884. The monoisotopic (exact) mass is 317 g/mol. The van der Waals surface area contributed by atoms with Gasteiger partial charge in [0.15, 0.2) is 0 Å². The van der Waals surface area contributed by atoms with Crippen molar-refractivity contribution in [3.05, 3.63) is 48.5 Å². The predicted molar refractivity (Wildman–Crippen MR) is 86.4 cm³/mol. The molecule has 1 unspecified atom stereocenters. The van der Waals surface area contributed by atoms with E-state index in [-0.39, 0.29) is 6.17 Å². The van der Waals surface area contributed by atoms with E-state index in [9.17, 15) is 9.11 Å². The van der Waals surface area contributed by atoms with E-state index in [1.165, 1.54) is 0 Å². The molecule has 2 aliphatic rings. The van der Waals surface area contributed by atoms with Crippen LogP contribution in [0.3, 0.4) is 0 Å². The summed E-state index contributed by atoms with van der Waals surface area (Å²) in [5, 5.41) is 0. The van der Waals surface area contributed by atoms with Gasteiger partial charge < -0.3 is 9.64 Å². The first-order valence-corrected chi connectivity index (χ1v) is 8.78. The van der Waals surface area contributed by atoms with E-state index >= 15 is 0 Å². The van der Waals surface area contributed by atoms with Gasteiger partial charge in [0, 0.05) is 12.6 Å². The van der Waals surface area contributed by atoms with Gasteiger partial charge >= 0.3 is 0 Å². The number of ether oxygens (including phenoxy) is 1. The first-order chi connectivity index (χ1) is 10.6. The minimum Gasteiger partial charge on any atom is -0.457 e. The molecule has 115 valence electrons. The third-order valence-electron chi connectivity index (χ3n) is 4.02. The van der Waals surface area contributed by atoms with Gasteiger partial charge in [0.05, 0.1) is 11.9 Å². The molecular weight excluding hydrogens is 300 g/mol. The fourth-order valence-corrected chi connectivity index (χ4v) is 4.54. The minimum absolute atomic E-state index is 0.00827. The van der Waals surface area contributed by atoms with Crippen molar-refractivity contribution in [2.75, 3.05) is 11.4 Å². The molecule has 2 aromatic rings. The molecule has 3 N–H and O–H groups in total. The lowest BCUT2D eigenvalue weighted by molar-refractivity contribution is 0.440. The third kappa shape index (κ3) is 2.34. The number of benzene rings is 2. The summed E-state index contributed by atoms with van der Waals surface area (Å²) in [7, 11) is -2.99. The molecule has 2 aliphatic heterocycles. The normalized spacial score (nSPS) is 23.5. The minimum atomic E-state index is -2.99. The van der Waals surface area contributed by atoms with Crippen molar-refractivity contribution in [2.45, 2.75) is 23.9 Å². The van der Waals surface area contributed by atoms with Crippen molar-refractivity contribution in [3.63, 3.8) is 0 Å². The van der Waals surface area contributed by atoms with Crippen LogP contribution in [-0.4, -0.2) is 21.8 Å². The molecule has 5 nitrogen and oxygen atoms in total. The smallest absolute Gasteiger partial charge is 0.129 e. The maximum absolute atomic E-state index is 10.4. The largest absolute Gasteiger partial charge is 0.457 e. The first kappa shape index (κ1) is 13.9. The predicted octanol–water partition coefficient (Wildman–Crippen LogP) is 3.83. The highest BCUT2D eigenvalue weighted by atomic mass is 32.3. The number of hydrogen-bond donors (Lipinski definition) is 3. The fraction of sp³-hybridized carbons (Fsp3) is 0.250. The standard InChI is InChI=1S/C16H17N2O3S/c19-22(20)15-11-13(21-12-5-2-1-3-6-12)8-9-14(15)18-10-4-7-16(18)17-22/h2-3,5-6,8-9,11,16-17,19-20H,4,7,10H2. The van der Waals surface area contributed by atoms with E-state index in [4.69, 9.17) is 4.74 Å². The number of nitrogens with one attached hydrogen (secondary N) is 1. The van der Waals surface area contributed by atoms with E-state index in [2.05, 4.69) is 15.7 Å². The Morgan fingerprint density at radius 1 is 1.18 bits per heavy atom. The number of rotatable bonds is 2. The van der Waals surface area contributed by atoms with Crippen LogP contribution in [0.25, 0.3) is 0 Å². The maximum Gasteiger partial charge on any atom is 0.129 e. The molecule has 2 heterocycles. The van der Waals surface area contributed by atoms with Gasteiger partial charge in [-0.05, 0) is 43.2 Å². The molecule has 0 aliphatic carbocycles.